The zero-order chi connectivity index (χ0) is 23.7. The molecule has 176 valence electrons. The van der Waals surface area contributed by atoms with Gasteiger partial charge in [0.05, 0.1) is 11.8 Å². The molecule has 0 spiro atoms. The highest BCUT2D eigenvalue weighted by Crippen LogP contribution is 2.38. The van der Waals surface area contributed by atoms with E-state index < -0.39 is 11.6 Å². The van der Waals surface area contributed by atoms with E-state index in [4.69, 9.17) is 5.73 Å². The maximum atomic E-state index is 14.8. The molecule has 0 atom stereocenters. The van der Waals surface area contributed by atoms with Crippen LogP contribution in [-0.2, 0) is 6.54 Å². The molecule has 5 rings (SSSR count). The van der Waals surface area contributed by atoms with Gasteiger partial charge in [-0.2, -0.15) is 4.98 Å². The number of rotatable bonds is 6. The summed E-state index contributed by atoms with van der Waals surface area (Å²) < 4.78 is 44.7. The molecular formula is C25H25F3N6. The van der Waals surface area contributed by atoms with Crippen molar-refractivity contribution in [3.63, 3.8) is 0 Å². The number of fused-ring (bicyclic) bond motifs is 1. The first-order valence-corrected chi connectivity index (χ1v) is 11.4. The standard InChI is InChI=1S/C25H25F3N6/c26-19-6-2-1-4-16(19)13-30-25-31-14-21-24(33-25)34(17-10-8-15(12-29)9-11-17)23(32-21)18-5-3-7-20(27)22(18)28/h1-7,14-15,17H,8-13,29H2,(H,30,31,33). The molecule has 0 radical (unpaired) electrons. The highest BCUT2D eigenvalue weighted by molar-refractivity contribution is 5.78. The smallest absolute Gasteiger partial charge is 0.225 e. The number of hydrogen-bond acceptors (Lipinski definition) is 5. The summed E-state index contributed by atoms with van der Waals surface area (Å²) in [6.45, 7) is 0.842. The predicted octanol–water partition coefficient (Wildman–Crippen LogP) is 5.21. The summed E-state index contributed by atoms with van der Waals surface area (Å²) in [5.41, 5.74) is 7.44. The largest absolute Gasteiger partial charge is 0.350 e. The number of benzene rings is 2. The lowest BCUT2D eigenvalue weighted by molar-refractivity contribution is 0.284. The number of imidazole rings is 1. The summed E-state index contributed by atoms with van der Waals surface area (Å²) in [7, 11) is 0. The summed E-state index contributed by atoms with van der Waals surface area (Å²) in [4.78, 5) is 13.5. The van der Waals surface area contributed by atoms with E-state index in [1.54, 1.807) is 24.4 Å². The molecule has 2 heterocycles. The van der Waals surface area contributed by atoms with Crippen molar-refractivity contribution in [1.82, 2.24) is 19.5 Å². The number of nitrogens with zero attached hydrogens (tertiary/aromatic N) is 4. The van der Waals surface area contributed by atoms with E-state index in [9.17, 15) is 13.2 Å². The van der Waals surface area contributed by atoms with Crippen LogP contribution in [0.2, 0.25) is 0 Å². The average molecular weight is 467 g/mol. The first-order valence-electron chi connectivity index (χ1n) is 11.4. The second kappa shape index (κ2) is 9.42. The minimum Gasteiger partial charge on any atom is -0.350 e. The Labute approximate surface area is 195 Å². The molecule has 4 aromatic rings. The van der Waals surface area contributed by atoms with Crippen LogP contribution < -0.4 is 11.1 Å². The fourth-order valence-electron chi connectivity index (χ4n) is 4.64. The lowest BCUT2D eigenvalue weighted by atomic mass is 9.86. The van der Waals surface area contributed by atoms with Crippen molar-refractivity contribution in [3.8, 4) is 11.4 Å². The summed E-state index contributed by atoms with van der Waals surface area (Å²) in [6.07, 6.45) is 5.10. The van der Waals surface area contributed by atoms with Gasteiger partial charge in [-0.15, -0.1) is 0 Å². The second-order valence-electron chi connectivity index (χ2n) is 8.66. The second-order valence-corrected chi connectivity index (χ2v) is 8.66. The molecule has 9 heteroatoms. The lowest BCUT2D eigenvalue weighted by Crippen LogP contribution is -2.24. The molecule has 34 heavy (non-hydrogen) atoms. The first kappa shape index (κ1) is 22.3. The Morgan fingerprint density at radius 3 is 2.47 bits per heavy atom. The average Bonchev–Trinajstić information content (AvgIpc) is 3.23. The minimum atomic E-state index is -0.944. The number of hydrogen-bond donors (Lipinski definition) is 2. The monoisotopic (exact) mass is 466 g/mol. The molecule has 1 aliphatic rings. The molecule has 2 aromatic heterocycles. The third-order valence-corrected chi connectivity index (χ3v) is 6.53. The van der Waals surface area contributed by atoms with Crippen LogP contribution in [0.15, 0.2) is 48.7 Å². The third kappa shape index (κ3) is 4.23. The van der Waals surface area contributed by atoms with Crippen molar-refractivity contribution >= 4 is 17.1 Å². The van der Waals surface area contributed by atoms with Crippen LogP contribution in [0, 0.1) is 23.4 Å². The minimum absolute atomic E-state index is 0.0137. The van der Waals surface area contributed by atoms with E-state index >= 15 is 0 Å². The topological polar surface area (TPSA) is 81.7 Å². The van der Waals surface area contributed by atoms with Gasteiger partial charge in [0.25, 0.3) is 0 Å². The molecule has 1 aliphatic carbocycles. The highest BCUT2D eigenvalue weighted by atomic mass is 19.2. The predicted molar refractivity (Wildman–Crippen MR) is 124 cm³/mol. The van der Waals surface area contributed by atoms with Crippen LogP contribution in [-0.4, -0.2) is 26.1 Å². The molecule has 0 aliphatic heterocycles. The molecule has 6 nitrogen and oxygen atoms in total. The molecule has 1 fully saturated rings. The van der Waals surface area contributed by atoms with E-state index in [0.717, 1.165) is 31.7 Å². The van der Waals surface area contributed by atoms with Crippen LogP contribution in [0.4, 0.5) is 19.1 Å². The maximum absolute atomic E-state index is 14.8. The van der Waals surface area contributed by atoms with Gasteiger partial charge >= 0.3 is 0 Å². The first-order chi connectivity index (χ1) is 16.5. The quantitative estimate of drug-likeness (QED) is 0.408. The molecule has 2 aromatic carbocycles. The van der Waals surface area contributed by atoms with Gasteiger partial charge in [-0.25, -0.2) is 23.1 Å². The van der Waals surface area contributed by atoms with Crippen LogP contribution in [0.1, 0.15) is 37.3 Å². The lowest BCUT2D eigenvalue weighted by Gasteiger charge is -2.30. The van der Waals surface area contributed by atoms with Gasteiger partial charge in [-0.05, 0) is 56.3 Å². The SMILES string of the molecule is NCC1CCC(n2c(-c3cccc(F)c3F)nc3cnc(NCc4ccccc4F)nc32)CC1. The molecule has 0 bridgehead atoms. The van der Waals surface area contributed by atoms with Crippen molar-refractivity contribution in [3.05, 3.63) is 71.7 Å². The Morgan fingerprint density at radius 1 is 0.941 bits per heavy atom. The molecular weight excluding hydrogens is 441 g/mol. The van der Waals surface area contributed by atoms with Crippen molar-refractivity contribution < 1.29 is 13.2 Å². The van der Waals surface area contributed by atoms with Gasteiger partial charge in [-0.1, -0.05) is 24.3 Å². The van der Waals surface area contributed by atoms with Crippen LogP contribution in [0.5, 0.6) is 0 Å². The van der Waals surface area contributed by atoms with Crippen molar-refractivity contribution in [2.24, 2.45) is 11.7 Å². The van der Waals surface area contributed by atoms with E-state index in [-0.39, 0.29) is 24.0 Å². The van der Waals surface area contributed by atoms with E-state index in [0.29, 0.717) is 41.0 Å². The van der Waals surface area contributed by atoms with E-state index in [2.05, 4.69) is 20.3 Å². The van der Waals surface area contributed by atoms with Gasteiger partial charge in [0.2, 0.25) is 5.95 Å². The summed E-state index contributed by atoms with van der Waals surface area (Å²) in [5.74, 6) is -1.11. The van der Waals surface area contributed by atoms with Gasteiger partial charge in [-0.3, -0.25) is 0 Å². The van der Waals surface area contributed by atoms with Crippen molar-refractivity contribution in [2.75, 3.05) is 11.9 Å². The number of aromatic nitrogens is 4. The Balaban J connectivity index is 1.56. The summed E-state index contributed by atoms with van der Waals surface area (Å²) >= 11 is 0. The van der Waals surface area contributed by atoms with Crippen LogP contribution >= 0.6 is 0 Å². The fourth-order valence-corrected chi connectivity index (χ4v) is 4.64. The Kier molecular flexibility index (Phi) is 6.19. The van der Waals surface area contributed by atoms with Gasteiger partial charge < -0.3 is 15.6 Å². The van der Waals surface area contributed by atoms with Crippen LogP contribution in [0.25, 0.3) is 22.6 Å². The maximum Gasteiger partial charge on any atom is 0.225 e. The van der Waals surface area contributed by atoms with Crippen LogP contribution in [0.3, 0.4) is 0 Å². The van der Waals surface area contributed by atoms with Crippen molar-refractivity contribution in [1.29, 1.82) is 0 Å². The zero-order valence-corrected chi connectivity index (χ0v) is 18.5. The Bertz CT molecular complexity index is 1310. The van der Waals surface area contributed by atoms with Gasteiger partial charge in [0.15, 0.2) is 17.3 Å². The summed E-state index contributed by atoms with van der Waals surface area (Å²) in [5, 5.41) is 3.06. The fraction of sp³-hybridized carbons (Fsp3) is 0.320. The molecule has 3 N–H and O–H groups in total. The molecule has 0 amide bonds. The van der Waals surface area contributed by atoms with Crippen molar-refractivity contribution in [2.45, 2.75) is 38.3 Å². The molecule has 0 unspecified atom stereocenters. The van der Waals surface area contributed by atoms with Gasteiger partial charge in [0.1, 0.15) is 17.2 Å². The molecule has 1 saturated carbocycles. The van der Waals surface area contributed by atoms with E-state index in [1.165, 1.54) is 18.2 Å². The number of nitrogens with one attached hydrogen (secondary N) is 1. The number of halogens is 3. The summed E-state index contributed by atoms with van der Waals surface area (Å²) in [6, 6.07) is 10.6. The Hall–Kier alpha value is -3.46. The normalized spacial score (nSPS) is 18.4. The Morgan fingerprint density at radius 2 is 1.71 bits per heavy atom. The zero-order valence-electron chi connectivity index (χ0n) is 18.5. The van der Waals surface area contributed by atoms with Gasteiger partial charge in [0, 0.05) is 18.2 Å². The molecule has 0 saturated heterocycles. The third-order valence-electron chi connectivity index (χ3n) is 6.53. The number of nitrogens with two attached hydrogens (primary N) is 1. The number of anilines is 1. The van der Waals surface area contributed by atoms with E-state index in [1.807, 2.05) is 4.57 Å². The highest BCUT2D eigenvalue weighted by Gasteiger charge is 2.28.